The third-order valence-electron chi connectivity index (χ3n) is 6.70. The third-order valence-corrected chi connectivity index (χ3v) is 6.70. The van der Waals surface area contributed by atoms with Crippen LogP contribution in [0, 0.1) is 17.7 Å². The van der Waals surface area contributed by atoms with Gasteiger partial charge in [-0.3, -0.25) is 14.5 Å². The smallest absolute Gasteiger partial charge is 0.311 e. The molecular formula is C26H31FN2O3. The van der Waals surface area contributed by atoms with Crippen LogP contribution in [0.1, 0.15) is 36.8 Å². The molecule has 0 radical (unpaired) electrons. The van der Waals surface area contributed by atoms with Crippen molar-refractivity contribution in [3.8, 4) is 0 Å². The van der Waals surface area contributed by atoms with E-state index in [4.69, 9.17) is 4.74 Å². The number of carbonyl (C=O) groups is 2. The number of rotatable bonds is 6. The Morgan fingerprint density at radius 1 is 0.969 bits per heavy atom. The molecule has 32 heavy (non-hydrogen) atoms. The molecule has 0 spiro atoms. The van der Waals surface area contributed by atoms with Crippen LogP contribution in [0.5, 0.6) is 0 Å². The molecule has 0 aromatic heterocycles. The van der Waals surface area contributed by atoms with E-state index in [0.29, 0.717) is 45.2 Å². The number of hydrogen-bond donors (Lipinski definition) is 0. The van der Waals surface area contributed by atoms with E-state index in [1.54, 1.807) is 6.92 Å². The van der Waals surface area contributed by atoms with E-state index in [1.807, 2.05) is 35.2 Å². The highest BCUT2D eigenvalue weighted by Gasteiger charge is 2.44. The van der Waals surface area contributed by atoms with Crippen molar-refractivity contribution in [3.05, 3.63) is 71.5 Å². The van der Waals surface area contributed by atoms with Crippen molar-refractivity contribution in [3.63, 3.8) is 0 Å². The van der Waals surface area contributed by atoms with E-state index >= 15 is 0 Å². The van der Waals surface area contributed by atoms with Gasteiger partial charge in [0, 0.05) is 32.7 Å². The van der Waals surface area contributed by atoms with Crippen LogP contribution in [0.4, 0.5) is 4.39 Å². The SMILES string of the molecule is CCOC(=O)C1CN(Cc2ccccc2)CC1C(=O)N1CCC(c2ccc(F)cc2)CC1. The molecule has 2 fully saturated rings. The number of likely N-dealkylation sites (tertiary alicyclic amines) is 2. The fourth-order valence-electron chi connectivity index (χ4n) is 5.00. The number of piperidine rings is 1. The Balaban J connectivity index is 1.40. The van der Waals surface area contributed by atoms with Crippen molar-refractivity contribution in [2.75, 3.05) is 32.8 Å². The average Bonchev–Trinajstić information content (AvgIpc) is 3.24. The summed E-state index contributed by atoms with van der Waals surface area (Å²) in [5.41, 5.74) is 2.29. The Labute approximate surface area is 189 Å². The molecule has 6 heteroatoms. The van der Waals surface area contributed by atoms with Crippen LogP contribution >= 0.6 is 0 Å². The maximum atomic E-state index is 13.4. The summed E-state index contributed by atoms with van der Waals surface area (Å²) in [6, 6.07) is 16.8. The van der Waals surface area contributed by atoms with Crippen molar-refractivity contribution in [2.45, 2.75) is 32.2 Å². The molecule has 2 aromatic rings. The molecule has 2 saturated heterocycles. The molecule has 0 bridgehead atoms. The third kappa shape index (κ3) is 5.18. The maximum absolute atomic E-state index is 13.4. The lowest BCUT2D eigenvalue weighted by molar-refractivity contribution is -0.153. The highest BCUT2D eigenvalue weighted by atomic mass is 19.1. The normalized spacial score (nSPS) is 22.1. The van der Waals surface area contributed by atoms with Gasteiger partial charge in [-0.1, -0.05) is 42.5 Å². The molecule has 1 amide bonds. The zero-order valence-electron chi connectivity index (χ0n) is 18.6. The number of nitrogens with zero attached hydrogens (tertiary/aromatic N) is 2. The van der Waals surface area contributed by atoms with Crippen LogP contribution in [0.3, 0.4) is 0 Å². The molecule has 0 aliphatic carbocycles. The van der Waals surface area contributed by atoms with Crippen LogP contribution in [-0.2, 0) is 20.9 Å². The largest absolute Gasteiger partial charge is 0.466 e. The van der Waals surface area contributed by atoms with E-state index in [9.17, 15) is 14.0 Å². The van der Waals surface area contributed by atoms with E-state index in [-0.39, 0.29) is 23.6 Å². The van der Waals surface area contributed by atoms with Gasteiger partial charge in [0.05, 0.1) is 18.4 Å². The van der Waals surface area contributed by atoms with E-state index in [1.165, 1.54) is 17.7 Å². The summed E-state index contributed by atoms with van der Waals surface area (Å²) < 4.78 is 18.5. The molecule has 0 N–H and O–H groups in total. The summed E-state index contributed by atoms with van der Waals surface area (Å²) >= 11 is 0. The topological polar surface area (TPSA) is 49.9 Å². The first-order valence-corrected chi connectivity index (χ1v) is 11.5. The lowest BCUT2D eigenvalue weighted by atomic mass is 9.88. The molecular weight excluding hydrogens is 407 g/mol. The maximum Gasteiger partial charge on any atom is 0.311 e. The highest BCUT2D eigenvalue weighted by Crippen LogP contribution is 2.32. The molecule has 4 rings (SSSR count). The van der Waals surface area contributed by atoms with Crippen molar-refractivity contribution in [1.82, 2.24) is 9.80 Å². The molecule has 170 valence electrons. The summed E-state index contributed by atoms with van der Waals surface area (Å²) in [5.74, 6) is -0.925. The zero-order chi connectivity index (χ0) is 22.5. The van der Waals surface area contributed by atoms with Gasteiger partial charge in [0.2, 0.25) is 5.91 Å². The van der Waals surface area contributed by atoms with E-state index < -0.39 is 5.92 Å². The lowest BCUT2D eigenvalue weighted by Gasteiger charge is -2.34. The predicted octanol–water partition coefficient (Wildman–Crippen LogP) is 3.84. The first kappa shape index (κ1) is 22.5. The van der Waals surface area contributed by atoms with Crippen LogP contribution in [0.2, 0.25) is 0 Å². The minimum Gasteiger partial charge on any atom is -0.466 e. The fourth-order valence-corrected chi connectivity index (χ4v) is 5.00. The first-order chi connectivity index (χ1) is 15.5. The van der Waals surface area contributed by atoms with Crippen molar-refractivity contribution in [2.24, 2.45) is 11.8 Å². The minimum atomic E-state index is -0.430. The Hall–Kier alpha value is -2.73. The zero-order valence-corrected chi connectivity index (χ0v) is 18.6. The van der Waals surface area contributed by atoms with E-state index in [2.05, 4.69) is 17.0 Å². The average molecular weight is 439 g/mol. The second kappa shape index (κ2) is 10.3. The second-order valence-electron chi connectivity index (χ2n) is 8.80. The van der Waals surface area contributed by atoms with Gasteiger partial charge in [0.15, 0.2) is 0 Å². The van der Waals surface area contributed by atoms with Crippen molar-refractivity contribution in [1.29, 1.82) is 0 Å². The number of hydrogen-bond acceptors (Lipinski definition) is 4. The van der Waals surface area contributed by atoms with Crippen LogP contribution in [0.25, 0.3) is 0 Å². The molecule has 2 unspecified atom stereocenters. The summed E-state index contributed by atoms with van der Waals surface area (Å²) in [7, 11) is 0. The second-order valence-corrected chi connectivity index (χ2v) is 8.80. The molecule has 2 aromatic carbocycles. The number of carbonyl (C=O) groups excluding carboxylic acids is 2. The Morgan fingerprint density at radius 2 is 1.62 bits per heavy atom. The molecule has 2 atom stereocenters. The van der Waals surface area contributed by atoms with Gasteiger partial charge >= 0.3 is 5.97 Å². The summed E-state index contributed by atoms with van der Waals surface area (Å²) in [6.45, 7) is 5.25. The summed E-state index contributed by atoms with van der Waals surface area (Å²) in [4.78, 5) is 30.2. The lowest BCUT2D eigenvalue weighted by Crippen LogP contribution is -2.44. The fraction of sp³-hybridized carbons (Fsp3) is 0.462. The highest BCUT2D eigenvalue weighted by molar-refractivity contribution is 5.86. The number of esters is 1. The Kier molecular flexibility index (Phi) is 7.20. The van der Waals surface area contributed by atoms with Gasteiger partial charge in [-0.05, 0) is 48.9 Å². The molecule has 2 aliphatic heterocycles. The van der Waals surface area contributed by atoms with Gasteiger partial charge in [-0.2, -0.15) is 0 Å². The van der Waals surface area contributed by atoms with Gasteiger partial charge in [0.1, 0.15) is 5.82 Å². The monoisotopic (exact) mass is 438 g/mol. The first-order valence-electron chi connectivity index (χ1n) is 11.5. The van der Waals surface area contributed by atoms with Gasteiger partial charge in [-0.25, -0.2) is 4.39 Å². The summed E-state index contributed by atoms with van der Waals surface area (Å²) in [5, 5.41) is 0. The number of ether oxygens (including phenoxy) is 1. The van der Waals surface area contributed by atoms with Crippen LogP contribution in [0.15, 0.2) is 54.6 Å². The Bertz CT molecular complexity index is 910. The molecule has 5 nitrogen and oxygen atoms in total. The number of halogens is 1. The van der Waals surface area contributed by atoms with Crippen LogP contribution < -0.4 is 0 Å². The molecule has 2 aliphatic rings. The number of benzene rings is 2. The van der Waals surface area contributed by atoms with Crippen molar-refractivity contribution < 1.29 is 18.7 Å². The minimum absolute atomic E-state index is 0.0520. The van der Waals surface area contributed by atoms with Gasteiger partial charge in [-0.15, -0.1) is 0 Å². The summed E-state index contributed by atoms with van der Waals surface area (Å²) in [6.07, 6.45) is 1.70. The van der Waals surface area contributed by atoms with Crippen molar-refractivity contribution >= 4 is 11.9 Å². The standard InChI is InChI=1S/C26H31FN2O3/c1-2-32-26(31)24-18-28(16-19-6-4-3-5-7-19)17-23(24)25(30)29-14-12-21(13-15-29)20-8-10-22(27)11-9-20/h3-11,21,23-24H,2,12-18H2,1H3. The van der Waals surface area contributed by atoms with Gasteiger partial charge in [0.25, 0.3) is 0 Å². The molecule has 0 saturated carbocycles. The predicted molar refractivity (Wildman–Crippen MR) is 120 cm³/mol. The Morgan fingerprint density at radius 3 is 2.28 bits per heavy atom. The van der Waals surface area contributed by atoms with E-state index in [0.717, 1.165) is 18.4 Å². The van der Waals surface area contributed by atoms with Crippen LogP contribution in [-0.4, -0.2) is 54.5 Å². The van der Waals surface area contributed by atoms with Gasteiger partial charge < -0.3 is 9.64 Å². The molecule has 2 heterocycles. The number of amides is 1. The quantitative estimate of drug-likeness (QED) is 0.643.